The number of nitrogens with one attached hydrogen (secondary N) is 1. The Bertz CT molecular complexity index is 655. The first-order valence-corrected chi connectivity index (χ1v) is 9.30. The third-order valence-corrected chi connectivity index (χ3v) is 6.14. The summed E-state index contributed by atoms with van der Waals surface area (Å²) in [6, 6.07) is 5.79. The summed E-state index contributed by atoms with van der Waals surface area (Å²) in [6.45, 7) is 6.46. The van der Waals surface area contributed by atoms with Crippen LogP contribution in [0.1, 0.15) is 30.9 Å². The van der Waals surface area contributed by atoms with Crippen LogP contribution in [0.5, 0.6) is 0 Å². The lowest BCUT2D eigenvalue weighted by molar-refractivity contribution is -0.120. The molecule has 0 aromatic heterocycles. The van der Waals surface area contributed by atoms with Crippen LogP contribution in [0.4, 0.5) is 5.69 Å². The number of hydrogen-bond donors (Lipinski definition) is 1. The van der Waals surface area contributed by atoms with E-state index in [4.69, 9.17) is 0 Å². The van der Waals surface area contributed by atoms with Gasteiger partial charge in [0.2, 0.25) is 15.9 Å². The van der Waals surface area contributed by atoms with E-state index in [-0.39, 0.29) is 24.1 Å². The van der Waals surface area contributed by atoms with Crippen LogP contribution in [-0.2, 0) is 14.8 Å². The van der Waals surface area contributed by atoms with Crippen molar-refractivity contribution in [3.05, 3.63) is 29.3 Å². The molecule has 0 radical (unpaired) electrons. The Labute approximate surface area is 132 Å². The van der Waals surface area contributed by atoms with Gasteiger partial charge in [0.1, 0.15) is 0 Å². The monoisotopic (exact) mass is 324 g/mol. The Morgan fingerprint density at radius 2 is 2.05 bits per heavy atom. The second kappa shape index (κ2) is 6.79. The number of carbonyl (C=O) groups is 1. The van der Waals surface area contributed by atoms with Crippen molar-refractivity contribution in [3.63, 3.8) is 0 Å². The fourth-order valence-electron chi connectivity index (χ4n) is 2.66. The molecule has 5 nitrogen and oxygen atoms in total. The van der Waals surface area contributed by atoms with Gasteiger partial charge in [-0.25, -0.2) is 12.7 Å². The molecule has 122 valence electrons. The van der Waals surface area contributed by atoms with E-state index in [2.05, 4.69) is 5.32 Å². The second-order valence-electron chi connectivity index (χ2n) is 5.89. The molecule has 0 bridgehead atoms. The number of piperidine rings is 1. The summed E-state index contributed by atoms with van der Waals surface area (Å²) in [4.78, 5) is 12.4. The van der Waals surface area contributed by atoms with Gasteiger partial charge in [0.25, 0.3) is 0 Å². The number of aryl methyl sites for hydroxylation is 2. The van der Waals surface area contributed by atoms with Gasteiger partial charge in [-0.15, -0.1) is 0 Å². The van der Waals surface area contributed by atoms with Gasteiger partial charge in [0.15, 0.2) is 0 Å². The summed E-state index contributed by atoms with van der Waals surface area (Å²) < 4.78 is 25.4. The first-order valence-electron chi connectivity index (χ1n) is 7.69. The van der Waals surface area contributed by atoms with Crippen molar-refractivity contribution < 1.29 is 13.2 Å². The minimum absolute atomic E-state index is 0.0818. The van der Waals surface area contributed by atoms with Gasteiger partial charge < -0.3 is 5.32 Å². The minimum Gasteiger partial charge on any atom is -0.326 e. The second-order valence-corrected chi connectivity index (χ2v) is 8.14. The van der Waals surface area contributed by atoms with Gasteiger partial charge in [-0.1, -0.05) is 6.07 Å². The lowest BCUT2D eigenvalue weighted by atomic mass is 9.98. The molecule has 1 heterocycles. The van der Waals surface area contributed by atoms with Crippen molar-refractivity contribution in [2.75, 3.05) is 24.2 Å². The number of carbonyl (C=O) groups excluding carboxylic acids is 1. The fourth-order valence-corrected chi connectivity index (χ4v) is 3.83. The molecule has 1 aliphatic rings. The van der Waals surface area contributed by atoms with Crippen LogP contribution in [0.3, 0.4) is 0 Å². The number of benzene rings is 1. The van der Waals surface area contributed by atoms with Crippen molar-refractivity contribution in [3.8, 4) is 0 Å². The van der Waals surface area contributed by atoms with E-state index >= 15 is 0 Å². The van der Waals surface area contributed by atoms with Crippen molar-refractivity contribution in [1.82, 2.24) is 4.31 Å². The maximum absolute atomic E-state index is 12.4. The van der Waals surface area contributed by atoms with E-state index < -0.39 is 10.0 Å². The van der Waals surface area contributed by atoms with Gasteiger partial charge >= 0.3 is 0 Å². The smallest absolute Gasteiger partial charge is 0.228 e. The Balaban J connectivity index is 2.04. The molecule has 1 aromatic rings. The van der Waals surface area contributed by atoms with Gasteiger partial charge in [-0.3, -0.25) is 4.79 Å². The number of rotatable bonds is 4. The molecule has 1 amide bonds. The molecule has 0 saturated carbocycles. The highest BCUT2D eigenvalue weighted by molar-refractivity contribution is 7.89. The summed E-state index contributed by atoms with van der Waals surface area (Å²) in [5.41, 5.74) is 3.07. The van der Waals surface area contributed by atoms with E-state index in [0.717, 1.165) is 24.1 Å². The Morgan fingerprint density at radius 3 is 2.68 bits per heavy atom. The first-order chi connectivity index (χ1) is 10.3. The van der Waals surface area contributed by atoms with Crippen LogP contribution in [0.2, 0.25) is 0 Å². The summed E-state index contributed by atoms with van der Waals surface area (Å²) in [6.07, 6.45) is 1.46. The molecule has 0 unspecified atom stereocenters. The molecular weight excluding hydrogens is 300 g/mol. The van der Waals surface area contributed by atoms with Crippen molar-refractivity contribution in [2.45, 2.75) is 33.6 Å². The maximum Gasteiger partial charge on any atom is 0.228 e. The number of hydrogen-bond acceptors (Lipinski definition) is 3. The van der Waals surface area contributed by atoms with Crippen LogP contribution in [0.25, 0.3) is 0 Å². The number of sulfonamides is 1. The molecular formula is C16H24N2O3S. The molecule has 1 atom stereocenters. The van der Waals surface area contributed by atoms with E-state index in [0.29, 0.717) is 6.54 Å². The average molecular weight is 324 g/mol. The molecule has 1 N–H and O–H groups in total. The van der Waals surface area contributed by atoms with Crippen molar-refractivity contribution in [1.29, 1.82) is 0 Å². The summed E-state index contributed by atoms with van der Waals surface area (Å²) in [7, 11) is -3.22. The van der Waals surface area contributed by atoms with Crippen LogP contribution >= 0.6 is 0 Å². The zero-order valence-corrected chi connectivity index (χ0v) is 14.2. The van der Waals surface area contributed by atoms with E-state index in [1.165, 1.54) is 9.87 Å². The molecule has 2 rings (SSSR count). The van der Waals surface area contributed by atoms with Gasteiger partial charge in [-0.2, -0.15) is 0 Å². The zero-order chi connectivity index (χ0) is 16.3. The fraction of sp³-hybridized carbons (Fsp3) is 0.562. The largest absolute Gasteiger partial charge is 0.326 e. The van der Waals surface area contributed by atoms with E-state index in [1.54, 1.807) is 6.92 Å². The van der Waals surface area contributed by atoms with Crippen molar-refractivity contribution in [2.24, 2.45) is 5.92 Å². The molecule has 6 heteroatoms. The van der Waals surface area contributed by atoms with Crippen LogP contribution in [0.15, 0.2) is 18.2 Å². The summed E-state index contributed by atoms with van der Waals surface area (Å²) >= 11 is 0. The van der Waals surface area contributed by atoms with Gasteiger partial charge in [0.05, 0.1) is 11.7 Å². The molecule has 0 spiro atoms. The highest BCUT2D eigenvalue weighted by atomic mass is 32.2. The third kappa shape index (κ3) is 3.87. The van der Waals surface area contributed by atoms with E-state index in [1.807, 2.05) is 32.0 Å². The predicted octanol–water partition coefficient (Wildman–Crippen LogP) is 2.30. The third-order valence-electron chi connectivity index (χ3n) is 4.29. The highest BCUT2D eigenvalue weighted by Gasteiger charge is 2.31. The molecule has 1 fully saturated rings. The summed E-state index contributed by atoms with van der Waals surface area (Å²) in [5, 5.41) is 2.91. The highest BCUT2D eigenvalue weighted by Crippen LogP contribution is 2.22. The average Bonchev–Trinajstić information content (AvgIpc) is 2.51. The van der Waals surface area contributed by atoms with Gasteiger partial charge in [0, 0.05) is 18.8 Å². The lowest BCUT2D eigenvalue weighted by Gasteiger charge is -2.30. The maximum atomic E-state index is 12.4. The molecule has 1 aromatic carbocycles. The molecule has 22 heavy (non-hydrogen) atoms. The quantitative estimate of drug-likeness (QED) is 0.924. The molecule has 1 saturated heterocycles. The van der Waals surface area contributed by atoms with Gasteiger partial charge in [-0.05, 0) is 56.9 Å². The van der Waals surface area contributed by atoms with Crippen LogP contribution < -0.4 is 5.32 Å². The van der Waals surface area contributed by atoms with E-state index in [9.17, 15) is 13.2 Å². The summed E-state index contributed by atoms with van der Waals surface area (Å²) in [5.74, 6) is -0.297. The minimum atomic E-state index is -3.22. The molecule has 1 aliphatic heterocycles. The number of amides is 1. The Hall–Kier alpha value is -1.40. The first kappa shape index (κ1) is 17.0. The number of anilines is 1. The zero-order valence-electron chi connectivity index (χ0n) is 13.4. The van der Waals surface area contributed by atoms with Crippen molar-refractivity contribution >= 4 is 21.6 Å². The Morgan fingerprint density at radius 1 is 1.32 bits per heavy atom. The Kier molecular flexibility index (Phi) is 5.24. The van der Waals surface area contributed by atoms with Crippen LogP contribution in [-0.4, -0.2) is 37.5 Å². The normalized spacial score (nSPS) is 19.9. The standard InChI is InChI=1S/C16H24N2O3S/c1-4-22(20,21)18-9-5-6-14(11-18)16(19)17-15-8-7-12(2)13(3)10-15/h7-8,10,14H,4-6,9,11H2,1-3H3,(H,17,19)/t14-/m1/s1. The lowest BCUT2D eigenvalue weighted by Crippen LogP contribution is -2.44. The van der Waals surface area contributed by atoms with Crippen LogP contribution in [0, 0.1) is 19.8 Å². The predicted molar refractivity (Wildman–Crippen MR) is 88.3 cm³/mol. The number of nitrogens with zero attached hydrogens (tertiary/aromatic N) is 1. The molecule has 0 aliphatic carbocycles. The SMILES string of the molecule is CCS(=O)(=O)N1CCC[C@@H](C(=O)Nc2ccc(C)c(C)c2)C1. The topological polar surface area (TPSA) is 66.5 Å².